The van der Waals surface area contributed by atoms with E-state index >= 15 is 0 Å². The molecular formula is C9H12N2O3. The fourth-order valence-corrected chi connectivity index (χ4v) is 1.83. The van der Waals surface area contributed by atoms with E-state index < -0.39 is 6.23 Å². The van der Waals surface area contributed by atoms with E-state index in [1.54, 1.807) is 6.92 Å². The minimum atomic E-state index is -0.897. The number of carbonyl (C=O) groups is 2. The molecule has 0 bridgehead atoms. The van der Waals surface area contributed by atoms with Crippen molar-refractivity contribution < 1.29 is 14.7 Å². The number of aliphatic hydroxyl groups is 1. The van der Waals surface area contributed by atoms with Crippen molar-refractivity contribution in [1.29, 1.82) is 0 Å². The Morgan fingerprint density at radius 3 is 2.71 bits per heavy atom. The van der Waals surface area contributed by atoms with E-state index in [-0.39, 0.29) is 18.0 Å². The van der Waals surface area contributed by atoms with Crippen molar-refractivity contribution in [2.24, 2.45) is 0 Å². The van der Waals surface area contributed by atoms with Gasteiger partial charge in [0, 0.05) is 12.0 Å². The van der Waals surface area contributed by atoms with Crippen molar-refractivity contribution >= 4 is 11.8 Å². The molecule has 14 heavy (non-hydrogen) atoms. The number of nitrogens with zero attached hydrogens (tertiary/aromatic N) is 1. The van der Waals surface area contributed by atoms with Gasteiger partial charge in [-0.3, -0.25) is 14.5 Å². The van der Waals surface area contributed by atoms with Gasteiger partial charge in [-0.25, -0.2) is 0 Å². The largest absolute Gasteiger partial charge is 0.370 e. The predicted octanol–water partition coefficient (Wildman–Crippen LogP) is -0.671. The fraction of sp³-hybridized carbons (Fsp3) is 0.556. The van der Waals surface area contributed by atoms with E-state index in [0.717, 1.165) is 0 Å². The third kappa shape index (κ3) is 1.29. The van der Waals surface area contributed by atoms with E-state index in [1.165, 1.54) is 11.0 Å². The van der Waals surface area contributed by atoms with Crippen LogP contribution in [0.1, 0.15) is 19.8 Å². The first kappa shape index (κ1) is 9.21. The van der Waals surface area contributed by atoms with E-state index in [0.29, 0.717) is 18.4 Å². The third-order valence-electron chi connectivity index (χ3n) is 2.56. The maximum Gasteiger partial charge on any atom is 0.253 e. The molecule has 2 rings (SSSR count). The average Bonchev–Trinajstić information content (AvgIpc) is 2.60. The number of hydrogen-bond donors (Lipinski definition) is 2. The van der Waals surface area contributed by atoms with E-state index in [4.69, 9.17) is 0 Å². The van der Waals surface area contributed by atoms with Crippen LogP contribution in [0, 0.1) is 0 Å². The van der Waals surface area contributed by atoms with Crippen LogP contribution >= 0.6 is 0 Å². The minimum Gasteiger partial charge on any atom is -0.370 e. The zero-order valence-electron chi connectivity index (χ0n) is 7.86. The maximum atomic E-state index is 11.6. The molecule has 76 valence electrons. The van der Waals surface area contributed by atoms with Gasteiger partial charge in [-0.1, -0.05) is 0 Å². The summed E-state index contributed by atoms with van der Waals surface area (Å²) in [6.07, 6.45) is 1.24. The molecule has 2 unspecified atom stereocenters. The van der Waals surface area contributed by atoms with Gasteiger partial charge in [-0.2, -0.15) is 0 Å². The SMILES string of the molecule is CC1=CC(O)N(C2CCC(=O)N2)C1=O. The molecule has 0 spiro atoms. The zero-order valence-corrected chi connectivity index (χ0v) is 7.86. The lowest BCUT2D eigenvalue weighted by Crippen LogP contribution is -2.48. The molecule has 0 aromatic rings. The number of carbonyl (C=O) groups excluding carboxylic acids is 2. The molecule has 1 fully saturated rings. The molecule has 0 aliphatic carbocycles. The molecule has 2 aliphatic heterocycles. The summed E-state index contributed by atoms with van der Waals surface area (Å²) in [7, 11) is 0. The second-order valence-electron chi connectivity index (χ2n) is 3.60. The Labute approximate surface area is 81.4 Å². The number of hydrogen-bond acceptors (Lipinski definition) is 3. The molecule has 0 aromatic heterocycles. The topological polar surface area (TPSA) is 69.6 Å². The third-order valence-corrected chi connectivity index (χ3v) is 2.56. The van der Waals surface area contributed by atoms with Gasteiger partial charge in [0.1, 0.15) is 6.17 Å². The molecule has 0 radical (unpaired) electrons. The van der Waals surface area contributed by atoms with Crippen molar-refractivity contribution in [2.75, 3.05) is 0 Å². The van der Waals surface area contributed by atoms with Crippen LogP contribution in [0.4, 0.5) is 0 Å². The van der Waals surface area contributed by atoms with Crippen LogP contribution in [0.25, 0.3) is 0 Å². The predicted molar refractivity (Wildman–Crippen MR) is 47.8 cm³/mol. The Morgan fingerprint density at radius 2 is 2.29 bits per heavy atom. The average molecular weight is 196 g/mol. The summed E-state index contributed by atoms with van der Waals surface area (Å²) >= 11 is 0. The van der Waals surface area contributed by atoms with Crippen molar-refractivity contribution in [2.45, 2.75) is 32.2 Å². The Bertz CT molecular complexity index is 324. The highest BCUT2D eigenvalue weighted by atomic mass is 16.3. The summed E-state index contributed by atoms with van der Waals surface area (Å²) in [5.74, 6) is -0.274. The Kier molecular flexibility index (Phi) is 2.03. The summed E-state index contributed by atoms with van der Waals surface area (Å²) in [4.78, 5) is 23.8. The van der Waals surface area contributed by atoms with Gasteiger partial charge in [-0.15, -0.1) is 0 Å². The van der Waals surface area contributed by atoms with Gasteiger partial charge >= 0.3 is 0 Å². The Hall–Kier alpha value is -1.36. The number of aliphatic hydroxyl groups excluding tert-OH is 1. The van der Waals surface area contributed by atoms with Gasteiger partial charge < -0.3 is 10.4 Å². The van der Waals surface area contributed by atoms with E-state index in [1.807, 2.05) is 0 Å². The van der Waals surface area contributed by atoms with Crippen LogP contribution in [-0.4, -0.2) is 34.2 Å². The molecule has 0 aromatic carbocycles. The highest BCUT2D eigenvalue weighted by Crippen LogP contribution is 2.22. The zero-order chi connectivity index (χ0) is 10.3. The van der Waals surface area contributed by atoms with Crippen LogP contribution < -0.4 is 5.32 Å². The van der Waals surface area contributed by atoms with Gasteiger partial charge in [0.05, 0.1) is 0 Å². The van der Waals surface area contributed by atoms with Crippen LogP contribution in [0.5, 0.6) is 0 Å². The van der Waals surface area contributed by atoms with E-state index in [9.17, 15) is 14.7 Å². The normalized spacial score (nSPS) is 32.1. The smallest absolute Gasteiger partial charge is 0.253 e. The molecule has 0 saturated carbocycles. The molecule has 2 aliphatic rings. The molecule has 2 amide bonds. The summed E-state index contributed by atoms with van der Waals surface area (Å²) in [5.41, 5.74) is 0.527. The highest BCUT2D eigenvalue weighted by molar-refractivity contribution is 5.96. The lowest BCUT2D eigenvalue weighted by atomic mass is 10.3. The second-order valence-corrected chi connectivity index (χ2v) is 3.60. The summed E-state index contributed by atoms with van der Waals surface area (Å²) in [6, 6.07) is 0. The second kappa shape index (κ2) is 3.09. The Morgan fingerprint density at radius 1 is 1.57 bits per heavy atom. The van der Waals surface area contributed by atoms with Gasteiger partial charge in [-0.05, 0) is 19.4 Å². The van der Waals surface area contributed by atoms with Crippen molar-refractivity contribution in [3.05, 3.63) is 11.6 Å². The molecule has 5 heteroatoms. The van der Waals surface area contributed by atoms with Crippen LogP contribution in [0.3, 0.4) is 0 Å². The lowest BCUT2D eigenvalue weighted by molar-refractivity contribution is -0.136. The lowest BCUT2D eigenvalue weighted by Gasteiger charge is -2.27. The molecule has 1 saturated heterocycles. The standard InChI is InChI=1S/C9H12N2O3/c1-5-4-8(13)11(9(5)14)6-2-3-7(12)10-6/h4,6,8,13H,2-3H2,1H3,(H,10,12). The first-order chi connectivity index (χ1) is 6.59. The quantitative estimate of drug-likeness (QED) is 0.584. The summed E-state index contributed by atoms with van der Waals surface area (Å²) in [6.45, 7) is 1.66. The summed E-state index contributed by atoms with van der Waals surface area (Å²) < 4.78 is 0. The van der Waals surface area contributed by atoms with Crippen LogP contribution in [0.15, 0.2) is 11.6 Å². The van der Waals surface area contributed by atoms with Crippen molar-refractivity contribution in [1.82, 2.24) is 10.2 Å². The number of amides is 2. The van der Waals surface area contributed by atoms with Gasteiger partial charge in [0.15, 0.2) is 6.23 Å². The molecule has 2 atom stereocenters. The van der Waals surface area contributed by atoms with Crippen LogP contribution in [0.2, 0.25) is 0 Å². The first-order valence-corrected chi connectivity index (χ1v) is 4.58. The van der Waals surface area contributed by atoms with E-state index in [2.05, 4.69) is 5.32 Å². The van der Waals surface area contributed by atoms with Crippen molar-refractivity contribution in [3.8, 4) is 0 Å². The monoisotopic (exact) mass is 196 g/mol. The summed E-state index contributed by atoms with van der Waals surface area (Å²) in [5, 5.41) is 12.2. The minimum absolute atomic E-state index is 0.0699. The van der Waals surface area contributed by atoms with Crippen molar-refractivity contribution in [3.63, 3.8) is 0 Å². The molecule has 2 heterocycles. The fourth-order valence-electron chi connectivity index (χ4n) is 1.83. The van der Waals surface area contributed by atoms with Gasteiger partial charge in [0.25, 0.3) is 5.91 Å². The molecular weight excluding hydrogens is 184 g/mol. The van der Waals surface area contributed by atoms with Gasteiger partial charge in [0.2, 0.25) is 5.91 Å². The van der Waals surface area contributed by atoms with Crippen LogP contribution in [-0.2, 0) is 9.59 Å². The maximum absolute atomic E-state index is 11.6. The number of rotatable bonds is 1. The molecule has 2 N–H and O–H groups in total. The molecule has 5 nitrogen and oxygen atoms in total. The first-order valence-electron chi connectivity index (χ1n) is 4.58. The Balaban J connectivity index is 2.13. The number of nitrogens with one attached hydrogen (secondary N) is 1. The highest BCUT2D eigenvalue weighted by Gasteiger charge is 2.37.